The summed E-state index contributed by atoms with van der Waals surface area (Å²) in [7, 11) is 1.44. The zero-order valence-corrected chi connectivity index (χ0v) is 12.8. The van der Waals surface area contributed by atoms with Gasteiger partial charge in [-0.2, -0.15) is 0 Å². The van der Waals surface area contributed by atoms with Gasteiger partial charge in [0.25, 0.3) is 0 Å². The van der Waals surface area contributed by atoms with Crippen LogP contribution in [0, 0.1) is 10.1 Å². The molecule has 0 saturated heterocycles. The van der Waals surface area contributed by atoms with Crippen LogP contribution < -0.4 is 4.74 Å². The molecule has 0 amide bonds. The number of aromatic hydroxyl groups is 1. The predicted octanol–water partition coefficient (Wildman–Crippen LogP) is 3.66. The molecule has 0 heterocycles. The maximum Gasteiger partial charge on any atom is 0.211 e. The highest BCUT2D eigenvalue weighted by atomic mass is 35.5. The number of rotatable bonds is 6. The summed E-state index contributed by atoms with van der Waals surface area (Å²) in [5.41, 5.74) is 1.29. The second-order valence-electron chi connectivity index (χ2n) is 4.91. The van der Waals surface area contributed by atoms with Crippen molar-refractivity contribution < 1.29 is 14.8 Å². The molecule has 0 bridgehead atoms. The molecule has 0 aliphatic carbocycles. The molecule has 0 spiro atoms. The lowest BCUT2D eigenvalue weighted by atomic mass is 9.91. The molecule has 22 heavy (non-hydrogen) atoms. The van der Waals surface area contributed by atoms with Crippen molar-refractivity contribution in [3.8, 4) is 11.5 Å². The molecule has 0 fully saturated rings. The van der Waals surface area contributed by atoms with Crippen LogP contribution >= 0.6 is 11.6 Å². The summed E-state index contributed by atoms with van der Waals surface area (Å²) >= 11 is 6.13. The van der Waals surface area contributed by atoms with Gasteiger partial charge >= 0.3 is 0 Å². The molecule has 2 aromatic carbocycles. The molecule has 1 atom stereocenters. The Morgan fingerprint density at radius 3 is 2.64 bits per heavy atom. The fourth-order valence-electron chi connectivity index (χ4n) is 2.42. The van der Waals surface area contributed by atoms with E-state index in [1.54, 1.807) is 30.3 Å². The van der Waals surface area contributed by atoms with Crippen LogP contribution in [0.15, 0.2) is 42.5 Å². The quantitative estimate of drug-likeness (QED) is 0.651. The number of nitro groups is 1. The molecule has 6 heteroatoms. The topological polar surface area (TPSA) is 72.6 Å². The number of ether oxygens (including phenoxy) is 1. The van der Waals surface area contributed by atoms with Crippen molar-refractivity contribution in [3.63, 3.8) is 0 Å². The van der Waals surface area contributed by atoms with Crippen LogP contribution in [0.4, 0.5) is 0 Å². The molecule has 1 N–H and O–H groups in total. The normalized spacial score (nSPS) is 11.9. The van der Waals surface area contributed by atoms with Crippen LogP contribution in [0.1, 0.15) is 17.0 Å². The maximum absolute atomic E-state index is 11.0. The lowest BCUT2D eigenvalue weighted by molar-refractivity contribution is -0.483. The molecular formula is C16H16ClNO4. The number of phenols is 1. The zero-order valence-electron chi connectivity index (χ0n) is 12.0. The van der Waals surface area contributed by atoms with E-state index in [1.807, 2.05) is 12.1 Å². The number of nitrogens with zero attached hydrogens (tertiary/aromatic N) is 1. The number of phenolic OH excluding ortho intramolecular Hbond substituents is 1. The van der Waals surface area contributed by atoms with E-state index < -0.39 is 5.92 Å². The molecule has 5 nitrogen and oxygen atoms in total. The molecule has 0 aromatic heterocycles. The predicted molar refractivity (Wildman–Crippen MR) is 84.4 cm³/mol. The average Bonchev–Trinajstić information content (AvgIpc) is 2.48. The van der Waals surface area contributed by atoms with Crippen molar-refractivity contribution in [2.24, 2.45) is 0 Å². The highest BCUT2D eigenvalue weighted by Crippen LogP contribution is 2.36. The van der Waals surface area contributed by atoms with E-state index in [4.69, 9.17) is 16.3 Å². The minimum absolute atomic E-state index is 0.0658. The van der Waals surface area contributed by atoms with Gasteiger partial charge in [0, 0.05) is 15.5 Å². The number of halogens is 1. The number of hydrogen-bond donors (Lipinski definition) is 1. The smallest absolute Gasteiger partial charge is 0.211 e. The Bertz CT molecular complexity index is 675. The Morgan fingerprint density at radius 2 is 2.00 bits per heavy atom. The first-order chi connectivity index (χ1) is 10.5. The zero-order chi connectivity index (χ0) is 16.1. The summed E-state index contributed by atoms with van der Waals surface area (Å²) in [5, 5.41) is 21.8. The third kappa shape index (κ3) is 3.68. The van der Waals surface area contributed by atoms with Crippen molar-refractivity contribution in [1.82, 2.24) is 0 Å². The fourth-order valence-corrected chi connectivity index (χ4v) is 2.63. The Labute approximate surface area is 133 Å². The van der Waals surface area contributed by atoms with Gasteiger partial charge in [-0.25, -0.2) is 0 Å². The molecule has 2 aromatic rings. The average molecular weight is 322 g/mol. The van der Waals surface area contributed by atoms with Crippen molar-refractivity contribution in [2.75, 3.05) is 13.7 Å². The summed E-state index contributed by atoms with van der Waals surface area (Å²) in [5.74, 6) is -0.265. The standard InChI is InChI=1S/C16H16ClNO4/c1-22-15-8-4-6-13(16(15)19)12(10-18(20)21)9-11-5-2-3-7-14(11)17/h2-8,12,19H,9-10H2,1H3. The van der Waals surface area contributed by atoms with Crippen LogP contribution in [0.3, 0.4) is 0 Å². The lowest BCUT2D eigenvalue weighted by Crippen LogP contribution is -2.15. The summed E-state index contributed by atoms with van der Waals surface area (Å²) in [6, 6.07) is 12.2. The Kier molecular flexibility index (Phi) is 5.22. The van der Waals surface area contributed by atoms with Gasteiger partial charge in [-0.3, -0.25) is 10.1 Å². The second kappa shape index (κ2) is 7.13. The van der Waals surface area contributed by atoms with Gasteiger partial charge in [0.2, 0.25) is 6.54 Å². The first-order valence-electron chi connectivity index (χ1n) is 6.74. The van der Waals surface area contributed by atoms with Gasteiger partial charge in [-0.05, 0) is 24.1 Å². The van der Waals surface area contributed by atoms with Crippen molar-refractivity contribution in [3.05, 3.63) is 68.7 Å². The Balaban J connectivity index is 2.38. The van der Waals surface area contributed by atoms with Gasteiger partial charge in [0.15, 0.2) is 11.5 Å². The summed E-state index contributed by atoms with van der Waals surface area (Å²) in [4.78, 5) is 10.6. The van der Waals surface area contributed by atoms with Crippen LogP contribution in [0.5, 0.6) is 11.5 Å². The monoisotopic (exact) mass is 321 g/mol. The van der Waals surface area contributed by atoms with E-state index in [-0.39, 0.29) is 17.2 Å². The van der Waals surface area contributed by atoms with Crippen LogP contribution in [-0.2, 0) is 6.42 Å². The van der Waals surface area contributed by atoms with Gasteiger partial charge in [-0.1, -0.05) is 41.9 Å². The minimum Gasteiger partial charge on any atom is -0.504 e. The Hall–Kier alpha value is -2.27. The van der Waals surface area contributed by atoms with Crippen LogP contribution in [0.25, 0.3) is 0 Å². The molecular weight excluding hydrogens is 306 g/mol. The van der Waals surface area contributed by atoms with Crippen molar-refractivity contribution in [1.29, 1.82) is 0 Å². The third-order valence-corrected chi connectivity index (χ3v) is 3.85. The van der Waals surface area contributed by atoms with E-state index in [1.165, 1.54) is 7.11 Å². The SMILES string of the molecule is COc1cccc(C(Cc2ccccc2Cl)C[N+](=O)[O-])c1O. The molecule has 116 valence electrons. The lowest BCUT2D eigenvalue weighted by Gasteiger charge is -2.17. The highest BCUT2D eigenvalue weighted by molar-refractivity contribution is 6.31. The van der Waals surface area contributed by atoms with Crippen LogP contribution in [-0.4, -0.2) is 23.7 Å². The van der Waals surface area contributed by atoms with E-state index in [0.29, 0.717) is 22.8 Å². The number of benzene rings is 2. The molecule has 0 radical (unpaired) electrons. The number of methoxy groups -OCH3 is 1. The van der Waals surface area contributed by atoms with E-state index in [2.05, 4.69) is 0 Å². The number of para-hydroxylation sites is 1. The fraction of sp³-hybridized carbons (Fsp3) is 0.250. The third-order valence-electron chi connectivity index (χ3n) is 3.48. The highest BCUT2D eigenvalue weighted by Gasteiger charge is 2.24. The van der Waals surface area contributed by atoms with Crippen molar-refractivity contribution in [2.45, 2.75) is 12.3 Å². The van der Waals surface area contributed by atoms with E-state index >= 15 is 0 Å². The van der Waals surface area contributed by atoms with Crippen molar-refractivity contribution >= 4 is 11.6 Å². The first kappa shape index (κ1) is 16.1. The Morgan fingerprint density at radius 1 is 1.27 bits per heavy atom. The van der Waals surface area contributed by atoms with Crippen LogP contribution in [0.2, 0.25) is 5.02 Å². The van der Waals surface area contributed by atoms with Gasteiger partial charge < -0.3 is 9.84 Å². The number of hydrogen-bond acceptors (Lipinski definition) is 4. The van der Waals surface area contributed by atoms with E-state index in [0.717, 1.165) is 5.56 Å². The first-order valence-corrected chi connectivity index (χ1v) is 7.11. The van der Waals surface area contributed by atoms with Gasteiger partial charge in [0.1, 0.15) is 0 Å². The maximum atomic E-state index is 11.0. The van der Waals surface area contributed by atoms with Gasteiger partial charge in [-0.15, -0.1) is 0 Å². The van der Waals surface area contributed by atoms with Gasteiger partial charge in [0.05, 0.1) is 13.0 Å². The molecule has 0 saturated carbocycles. The summed E-state index contributed by atoms with van der Waals surface area (Å²) in [6.07, 6.45) is 0.362. The summed E-state index contributed by atoms with van der Waals surface area (Å²) in [6.45, 7) is -0.300. The molecule has 1 unspecified atom stereocenters. The second-order valence-corrected chi connectivity index (χ2v) is 5.31. The molecule has 2 rings (SSSR count). The molecule has 0 aliphatic heterocycles. The minimum atomic E-state index is -0.495. The van der Waals surface area contributed by atoms with E-state index in [9.17, 15) is 15.2 Å². The molecule has 0 aliphatic rings. The largest absolute Gasteiger partial charge is 0.504 e. The summed E-state index contributed by atoms with van der Waals surface area (Å²) < 4.78 is 5.07.